The zero-order chi connectivity index (χ0) is 18.3. The van der Waals surface area contributed by atoms with Gasteiger partial charge in [-0.3, -0.25) is 4.79 Å². The molecular weight excluding hydrogens is 320 g/mol. The molecule has 3 N–H and O–H groups in total. The predicted molar refractivity (Wildman–Crippen MR) is 99.4 cm³/mol. The van der Waals surface area contributed by atoms with Crippen LogP contribution in [0, 0.1) is 11.8 Å². The number of likely N-dealkylation sites (N-methyl/N-ethyl adjacent to an activating group) is 1. The molecule has 1 amide bonds. The summed E-state index contributed by atoms with van der Waals surface area (Å²) in [4.78, 5) is 12.2. The quantitative estimate of drug-likeness (QED) is 0.522. The third-order valence-electron chi connectivity index (χ3n) is 6.53. The van der Waals surface area contributed by atoms with Gasteiger partial charge in [-0.25, -0.2) is 0 Å². The molecule has 0 unspecified atom stereocenters. The number of nitrogens with one attached hydrogen (secondary N) is 2. The van der Waals surface area contributed by atoms with Crippen molar-refractivity contribution in [2.45, 2.75) is 89.4 Å². The number of hydrogen-bond donors (Lipinski definition) is 3. The zero-order valence-electron chi connectivity index (χ0n) is 16.3. The standard InChI is InChI=1S/C18H36N2O3Si/c1-11(23-24(6,7)18(2,3)4)14-15(20-17(14)22)12-9-8-10-13(19-5)16(12)21/h11-16,19,21H,8-10H2,1-7H3,(H,20,22)/t11-,12-,13+,14-,15-,16+/m1/s1. The predicted octanol–water partition coefficient (Wildman–Crippen LogP) is 2.26. The summed E-state index contributed by atoms with van der Waals surface area (Å²) in [5, 5.41) is 17.1. The van der Waals surface area contributed by atoms with Gasteiger partial charge in [0.2, 0.25) is 5.91 Å². The number of hydrogen-bond acceptors (Lipinski definition) is 4. The van der Waals surface area contributed by atoms with Crippen LogP contribution in [-0.4, -0.2) is 50.7 Å². The number of aliphatic hydroxyl groups is 1. The molecule has 6 heteroatoms. The van der Waals surface area contributed by atoms with E-state index in [0.29, 0.717) is 0 Å². The summed E-state index contributed by atoms with van der Waals surface area (Å²) in [5.74, 6) is 0.0451. The van der Waals surface area contributed by atoms with Crippen molar-refractivity contribution in [3.05, 3.63) is 0 Å². The molecule has 0 aromatic heterocycles. The van der Waals surface area contributed by atoms with Gasteiger partial charge in [-0.05, 0) is 44.9 Å². The van der Waals surface area contributed by atoms with Gasteiger partial charge in [-0.15, -0.1) is 0 Å². The summed E-state index contributed by atoms with van der Waals surface area (Å²) in [7, 11) is -0.0150. The Morgan fingerprint density at radius 1 is 1.33 bits per heavy atom. The molecule has 2 rings (SSSR count). The van der Waals surface area contributed by atoms with Crippen molar-refractivity contribution in [3.8, 4) is 0 Å². The third-order valence-corrected chi connectivity index (χ3v) is 11.1. The summed E-state index contributed by atoms with van der Waals surface area (Å²) in [6, 6.07) is 0.155. The Morgan fingerprint density at radius 3 is 2.46 bits per heavy atom. The normalized spacial score (nSPS) is 36.0. The first-order valence-corrected chi connectivity index (χ1v) is 12.2. The molecule has 0 bridgehead atoms. The highest BCUT2D eigenvalue weighted by atomic mass is 28.4. The largest absolute Gasteiger partial charge is 0.413 e. The van der Waals surface area contributed by atoms with E-state index in [1.54, 1.807) is 0 Å². The van der Waals surface area contributed by atoms with Gasteiger partial charge in [-0.1, -0.05) is 27.2 Å². The first kappa shape index (κ1) is 19.9. The lowest BCUT2D eigenvalue weighted by atomic mass is 9.70. The Balaban J connectivity index is 2.07. The lowest BCUT2D eigenvalue weighted by molar-refractivity contribution is -0.145. The third kappa shape index (κ3) is 3.71. The second kappa shape index (κ2) is 7.06. The Bertz CT molecular complexity index is 464. The molecule has 0 spiro atoms. The number of rotatable bonds is 5. The average molecular weight is 357 g/mol. The lowest BCUT2D eigenvalue weighted by Crippen LogP contribution is -2.69. The molecule has 1 aliphatic heterocycles. The highest BCUT2D eigenvalue weighted by molar-refractivity contribution is 6.74. The maximum absolute atomic E-state index is 12.2. The minimum Gasteiger partial charge on any atom is -0.413 e. The minimum atomic E-state index is -1.91. The van der Waals surface area contributed by atoms with E-state index < -0.39 is 14.4 Å². The van der Waals surface area contributed by atoms with Crippen LogP contribution in [-0.2, 0) is 9.22 Å². The first-order valence-electron chi connectivity index (χ1n) is 9.33. The summed E-state index contributed by atoms with van der Waals surface area (Å²) >= 11 is 0. The van der Waals surface area contributed by atoms with Crippen LogP contribution in [0.2, 0.25) is 18.1 Å². The van der Waals surface area contributed by atoms with E-state index >= 15 is 0 Å². The minimum absolute atomic E-state index is 0.0309. The van der Waals surface area contributed by atoms with Crippen molar-refractivity contribution in [1.82, 2.24) is 10.6 Å². The van der Waals surface area contributed by atoms with Gasteiger partial charge < -0.3 is 20.2 Å². The van der Waals surface area contributed by atoms with Crippen LogP contribution in [0.15, 0.2) is 0 Å². The van der Waals surface area contributed by atoms with Crippen molar-refractivity contribution in [2.24, 2.45) is 11.8 Å². The van der Waals surface area contributed by atoms with Crippen molar-refractivity contribution in [1.29, 1.82) is 0 Å². The molecule has 0 aromatic rings. The molecule has 140 valence electrons. The summed E-state index contributed by atoms with van der Waals surface area (Å²) in [5.41, 5.74) is 0. The fourth-order valence-corrected chi connectivity index (χ4v) is 5.36. The van der Waals surface area contributed by atoms with E-state index in [0.717, 1.165) is 19.3 Å². The van der Waals surface area contributed by atoms with E-state index in [1.165, 1.54) is 0 Å². The van der Waals surface area contributed by atoms with Crippen LogP contribution in [0.25, 0.3) is 0 Å². The Kier molecular flexibility index (Phi) is 5.85. The number of aliphatic hydroxyl groups excluding tert-OH is 1. The van der Waals surface area contributed by atoms with Gasteiger partial charge in [-0.2, -0.15) is 0 Å². The second-order valence-electron chi connectivity index (χ2n) is 9.12. The highest BCUT2D eigenvalue weighted by Crippen LogP contribution is 2.41. The summed E-state index contributed by atoms with van der Waals surface area (Å²) in [6.07, 6.45) is 2.54. The number of carbonyl (C=O) groups excluding carboxylic acids is 1. The summed E-state index contributed by atoms with van der Waals surface area (Å²) in [6.45, 7) is 13.1. The number of amides is 1. The Morgan fingerprint density at radius 2 is 1.96 bits per heavy atom. The van der Waals surface area contributed by atoms with Gasteiger partial charge in [0.1, 0.15) is 0 Å². The molecule has 6 atom stereocenters. The SMILES string of the molecule is CN[C@H]1CCC[C@H]([C@H]2NC(=O)[C@@H]2[C@@H](C)O[Si](C)(C)C(C)(C)C)[C@@H]1O. The van der Waals surface area contributed by atoms with E-state index in [9.17, 15) is 9.90 Å². The smallest absolute Gasteiger partial charge is 0.228 e. The van der Waals surface area contributed by atoms with Gasteiger partial charge in [0.25, 0.3) is 0 Å². The molecular formula is C18H36N2O3Si. The Labute approximate surface area is 148 Å². The van der Waals surface area contributed by atoms with E-state index in [-0.39, 0.29) is 41.0 Å². The van der Waals surface area contributed by atoms with E-state index in [1.807, 2.05) is 14.0 Å². The maximum Gasteiger partial charge on any atom is 0.228 e. The van der Waals surface area contributed by atoms with Crippen molar-refractivity contribution < 1.29 is 14.3 Å². The van der Waals surface area contributed by atoms with Crippen LogP contribution in [0.3, 0.4) is 0 Å². The van der Waals surface area contributed by atoms with Gasteiger partial charge >= 0.3 is 0 Å². The van der Waals surface area contributed by atoms with Gasteiger partial charge in [0.05, 0.1) is 18.1 Å². The number of carbonyl (C=O) groups is 1. The monoisotopic (exact) mass is 356 g/mol. The second-order valence-corrected chi connectivity index (χ2v) is 13.9. The fraction of sp³-hybridized carbons (Fsp3) is 0.944. The molecule has 5 nitrogen and oxygen atoms in total. The summed E-state index contributed by atoms with van der Waals surface area (Å²) < 4.78 is 6.47. The van der Waals surface area contributed by atoms with Crippen LogP contribution in [0.5, 0.6) is 0 Å². The van der Waals surface area contributed by atoms with Crippen molar-refractivity contribution in [3.63, 3.8) is 0 Å². The van der Waals surface area contributed by atoms with Crippen LogP contribution in [0.1, 0.15) is 47.0 Å². The highest BCUT2D eigenvalue weighted by Gasteiger charge is 2.52. The zero-order valence-corrected chi connectivity index (χ0v) is 17.3. The Hall–Kier alpha value is -0.433. The van der Waals surface area contributed by atoms with Crippen molar-refractivity contribution in [2.75, 3.05) is 7.05 Å². The van der Waals surface area contributed by atoms with E-state index in [4.69, 9.17) is 4.43 Å². The molecule has 24 heavy (non-hydrogen) atoms. The van der Waals surface area contributed by atoms with Crippen LogP contribution >= 0.6 is 0 Å². The van der Waals surface area contributed by atoms with E-state index in [2.05, 4.69) is 44.5 Å². The molecule has 2 fully saturated rings. The maximum atomic E-state index is 12.2. The molecule has 1 saturated heterocycles. The molecule has 1 aliphatic carbocycles. The van der Waals surface area contributed by atoms with Crippen LogP contribution < -0.4 is 10.6 Å². The molecule has 0 radical (unpaired) electrons. The van der Waals surface area contributed by atoms with Crippen molar-refractivity contribution >= 4 is 14.2 Å². The van der Waals surface area contributed by atoms with Crippen LogP contribution in [0.4, 0.5) is 0 Å². The van der Waals surface area contributed by atoms with Gasteiger partial charge in [0, 0.05) is 18.0 Å². The molecule has 2 aliphatic rings. The lowest BCUT2D eigenvalue weighted by Gasteiger charge is -2.50. The number of β-lactam (4-membered cyclic amide) rings is 1. The molecule has 0 aromatic carbocycles. The topological polar surface area (TPSA) is 70.6 Å². The molecule has 1 saturated carbocycles. The molecule has 1 heterocycles. The van der Waals surface area contributed by atoms with Gasteiger partial charge in [0.15, 0.2) is 8.32 Å². The first-order chi connectivity index (χ1) is 11.0. The average Bonchev–Trinajstić information content (AvgIpc) is 2.43. The fourth-order valence-electron chi connectivity index (χ4n) is 3.93.